The Morgan fingerprint density at radius 1 is 1.19 bits per heavy atom. The summed E-state index contributed by atoms with van der Waals surface area (Å²) in [6, 6.07) is 14.7. The van der Waals surface area contributed by atoms with Crippen LogP contribution in [0.3, 0.4) is 0 Å². The molecule has 0 bridgehead atoms. The van der Waals surface area contributed by atoms with Crippen LogP contribution in [0.25, 0.3) is 10.9 Å². The number of hydrogen-bond donors (Lipinski definition) is 3. The SMILES string of the molecule is NC(=O)NC(=O)[C@@H](C#Cc1ccc2ccccc2n1)CN1Cc2ccc(O)cc2C1=O. The van der Waals surface area contributed by atoms with Crippen molar-refractivity contribution in [1.29, 1.82) is 0 Å². The van der Waals surface area contributed by atoms with Crippen molar-refractivity contribution in [3.05, 3.63) is 71.4 Å². The number of urea groups is 1. The Morgan fingerprint density at radius 3 is 2.81 bits per heavy atom. The molecule has 0 aliphatic carbocycles. The molecule has 8 heteroatoms. The minimum Gasteiger partial charge on any atom is -0.508 e. The number of nitrogens with zero attached hydrogens (tertiary/aromatic N) is 2. The van der Waals surface area contributed by atoms with Crippen molar-refractivity contribution >= 4 is 28.7 Å². The predicted octanol–water partition coefficient (Wildman–Crippen LogP) is 1.76. The maximum absolute atomic E-state index is 12.7. The first-order valence-electron chi connectivity index (χ1n) is 9.49. The van der Waals surface area contributed by atoms with Gasteiger partial charge < -0.3 is 15.7 Å². The summed E-state index contributed by atoms with van der Waals surface area (Å²) in [7, 11) is 0. The summed E-state index contributed by atoms with van der Waals surface area (Å²) >= 11 is 0. The number of nitrogens with two attached hydrogens (primary N) is 1. The highest BCUT2D eigenvalue weighted by atomic mass is 16.3. The monoisotopic (exact) mass is 414 g/mol. The second-order valence-electron chi connectivity index (χ2n) is 7.09. The molecule has 1 aliphatic rings. The van der Waals surface area contributed by atoms with Crippen molar-refractivity contribution in [1.82, 2.24) is 15.2 Å². The zero-order chi connectivity index (χ0) is 22.0. The summed E-state index contributed by atoms with van der Waals surface area (Å²) in [4.78, 5) is 42.2. The molecule has 0 saturated carbocycles. The van der Waals surface area contributed by atoms with Crippen LogP contribution in [0.15, 0.2) is 54.6 Å². The number of benzene rings is 2. The smallest absolute Gasteiger partial charge is 0.318 e. The molecule has 4 rings (SSSR count). The van der Waals surface area contributed by atoms with Crippen molar-refractivity contribution < 1.29 is 19.5 Å². The topological polar surface area (TPSA) is 126 Å². The van der Waals surface area contributed by atoms with Crippen molar-refractivity contribution in [2.24, 2.45) is 11.7 Å². The van der Waals surface area contributed by atoms with Gasteiger partial charge in [0.1, 0.15) is 17.4 Å². The maximum atomic E-state index is 12.7. The van der Waals surface area contributed by atoms with Crippen LogP contribution in [-0.4, -0.2) is 39.4 Å². The number of pyridine rings is 1. The molecule has 2 heterocycles. The van der Waals surface area contributed by atoms with Crippen molar-refractivity contribution in [2.45, 2.75) is 6.54 Å². The highest BCUT2D eigenvalue weighted by Crippen LogP contribution is 2.26. The molecule has 154 valence electrons. The zero-order valence-corrected chi connectivity index (χ0v) is 16.3. The first kappa shape index (κ1) is 19.9. The van der Waals surface area contributed by atoms with E-state index in [4.69, 9.17) is 5.73 Å². The van der Waals surface area contributed by atoms with E-state index in [1.165, 1.54) is 17.0 Å². The fourth-order valence-electron chi connectivity index (χ4n) is 3.42. The number of amides is 4. The maximum Gasteiger partial charge on any atom is 0.318 e. The number of nitrogens with one attached hydrogen (secondary N) is 1. The third-order valence-electron chi connectivity index (χ3n) is 4.91. The molecule has 0 unspecified atom stereocenters. The van der Waals surface area contributed by atoms with Crippen LogP contribution in [-0.2, 0) is 11.3 Å². The zero-order valence-electron chi connectivity index (χ0n) is 16.3. The van der Waals surface area contributed by atoms with E-state index in [0.717, 1.165) is 16.5 Å². The molecule has 0 radical (unpaired) electrons. The third kappa shape index (κ3) is 4.31. The van der Waals surface area contributed by atoms with Gasteiger partial charge in [-0.1, -0.05) is 36.3 Å². The second-order valence-corrected chi connectivity index (χ2v) is 7.09. The van der Waals surface area contributed by atoms with Crippen LogP contribution in [0.1, 0.15) is 21.6 Å². The van der Waals surface area contributed by atoms with E-state index >= 15 is 0 Å². The predicted molar refractivity (Wildman–Crippen MR) is 113 cm³/mol. The number of primary amides is 1. The normalized spacial score (nSPS) is 13.3. The number of rotatable bonds is 3. The minimum atomic E-state index is -1.01. The summed E-state index contributed by atoms with van der Waals surface area (Å²) in [5.41, 5.74) is 7.41. The molecular weight excluding hydrogens is 396 g/mol. The molecule has 3 aromatic rings. The molecule has 0 fully saturated rings. The molecule has 1 atom stereocenters. The van der Waals surface area contributed by atoms with Gasteiger partial charge in [-0.3, -0.25) is 14.9 Å². The van der Waals surface area contributed by atoms with Crippen molar-refractivity contribution in [3.8, 4) is 17.6 Å². The van der Waals surface area contributed by atoms with Gasteiger partial charge in [-0.25, -0.2) is 9.78 Å². The quantitative estimate of drug-likeness (QED) is 0.563. The van der Waals surface area contributed by atoms with Gasteiger partial charge in [-0.15, -0.1) is 0 Å². The Balaban J connectivity index is 1.59. The molecule has 4 N–H and O–H groups in total. The Morgan fingerprint density at radius 2 is 2.00 bits per heavy atom. The molecule has 2 aromatic carbocycles. The minimum absolute atomic E-state index is 0.0147. The summed E-state index contributed by atoms with van der Waals surface area (Å²) < 4.78 is 0. The van der Waals surface area contributed by atoms with Crippen LogP contribution in [0, 0.1) is 17.8 Å². The van der Waals surface area contributed by atoms with Crippen molar-refractivity contribution in [3.63, 3.8) is 0 Å². The van der Waals surface area contributed by atoms with Gasteiger partial charge in [0, 0.05) is 24.0 Å². The van der Waals surface area contributed by atoms with E-state index in [2.05, 4.69) is 16.8 Å². The number of aromatic hydroxyl groups is 1. The second kappa shape index (κ2) is 8.16. The fraction of sp³-hybridized carbons (Fsp3) is 0.130. The third-order valence-corrected chi connectivity index (χ3v) is 4.91. The number of phenolic OH excluding ortho intramolecular Hbond substituents is 1. The first-order valence-corrected chi connectivity index (χ1v) is 9.49. The van der Waals surface area contributed by atoms with Crippen LogP contribution in [0.5, 0.6) is 5.75 Å². The molecule has 0 spiro atoms. The van der Waals surface area contributed by atoms with Gasteiger partial charge in [-0.2, -0.15) is 0 Å². The average molecular weight is 414 g/mol. The highest BCUT2D eigenvalue weighted by molar-refractivity contribution is 6.00. The summed E-state index contributed by atoms with van der Waals surface area (Å²) in [6.45, 7) is 0.221. The lowest BCUT2D eigenvalue weighted by atomic mass is 10.1. The number of hydrogen-bond acceptors (Lipinski definition) is 5. The van der Waals surface area contributed by atoms with Gasteiger partial charge in [0.25, 0.3) is 5.91 Å². The molecule has 31 heavy (non-hydrogen) atoms. The molecule has 0 saturated heterocycles. The fourth-order valence-corrected chi connectivity index (χ4v) is 3.42. The van der Waals surface area contributed by atoms with E-state index in [1.54, 1.807) is 12.1 Å². The first-order chi connectivity index (χ1) is 14.9. The van der Waals surface area contributed by atoms with Gasteiger partial charge in [0.05, 0.1) is 5.52 Å². The summed E-state index contributed by atoms with van der Waals surface area (Å²) in [5, 5.41) is 12.6. The van der Waals surface area contributed by atoms with Crippen LogP contribution in [0.2, 0.25) is 0 Å². The van der Waals surface area contributed by atoms with Crippen LogP contribution < -0.4 is 11.1 Å². The van der Waals surface area contributed by atoms with Gasteiger partial charge >= 0.3 is 6.03 Å². The number of phenols is 1. The number of carbonyl (C=O) groups is 3. The van der Waals surface area contributed by atoms with E-state index < -0.39 is 17.9 Å². The summed E-state index contributed by atoms with van der Waals surface area (Å²) in [5.74, 6) is 3.63. The standard InChI is InChI=1S/C23H18N4O4/c24-23(31)26-21(29)16(6-9-17-8-5-14-3-1-2-4-20(14)25-17)13-27-12-15-7-10-18(28)11-19(15)22(27)30/h1-5,7-8,10-11,16,28H,12-13H2,(H3,24,26,29,31)/t16-/m0/s1. The Hall–Kier alpha value is -4.38. The van der Waals surface area contributed by atoms with Crippen molar-refractivity contribution in [2.75, 3.05) is 6.54 Å². The molecule has 1 aliphatic heterocycles. The Bertz CT molecular complexity index is 1280. The summed E-state index contributed by atoms with van der Waals surface area (Å²) in [6.07, 6.45) is 0. The number of para-hydroxylation sites is 1. The van der Waals surface area contributed by atoms with Gasteiger partial charge in [0.15, 0.2) is 0 Å². The van der Waals surface area contributed by atoms with Gasteiger partial charge in [0.2, 0.25) is 5.91 Å². The lowest BCUT2D eigenvalue weighted by molar-refractivity contribution is -0.122. The largest absolute Gasteiger partial charge is 0.508 e. The van der Waals surface area contributed by atoms with Crippen LogP contribution in [0.4, 0.5) is 4.79 Å². The average Bonchev–Trinajstić information content (AvgIpc) is 3.05. The lowest BCUT2D eigenvalue weighted by Crippen LogP contribution is -2.43. The highest BCUT2D eigenvalue weighted by Gasteiger charge is 2.31. The number of aromatic nitrogens is 1. The number of fused-ring (bicyclic) bond motifs is 2. The van der Waals surface area contributed by atoms with Crippen LogP contribution >= 0.6 is 0 Å². The molecule has 1 aromatic heterocycles. The number of carbonyl (C=O) groups excluding carboxylic acids is 3. The Kier molecular flexibility index (Phi) is 5.24. The van der Waals surface area contributed by atoms with E-state index in [9.17, 15) is 19.5 Å². The van der Waals surface area contributed by atoms with E-state index in [-0.39, 0.29) is 24.7 Å². The lowest BCUT2D eigenvalue weighted by Gasteiger charge is -2.19. The molecule has 8 nitrogen and oxygen atoms in total. The molecular formula is C23H18N4O4. The van der Waals surface area contributed by atoms with E-state index in [1.807, 2.05) is 35.6 Å². The van der Waals surface area contributed by atoms with E-state index in [0.29, 0.717) is 11.3 Å². The van der Waals surface area contributed by atoms with Gasteiger partial charge in [-0.05, 0) is 35.7 Å². The Labute approximate surface area is 177 Å². The number of imide groups is 1. The molecule has 4 amide bonds.